The fraction of sp³-hybridized carbons (Fsp3) is 0.625. The van der Waals surface area contributed by atoms with Gasteiger partial charge >= 0.3 is 0 Å². The molecule has 0 bridgehead atoms. The van der Waals surface area contributed by atoms with Crippen molar-refractivity contribution >= 4 is 0 Å². The Kier molecular flexibility index (Phi) is 4.61. The van der Waals surface area contributed by atoms with E-state index in [0.29, 0.717) is 5.92 Å². The van der Waals surface area contributed by atoms with E-state index in [9.17, 15) is 5.11 Å². The molecular weight excluding hydrogens is 208 g/mol. The molecule has 1 unspecified atom stereocenters. The maximum absolute atomic E-state index is 10.3. The number of aliphatic hydroxyl groups excluding tert-OH is 1. The molecule has 2 rings (SSSR count). The van der Waals surface area contributed by atoms with Crippen LogP contribution in [0.2, 0.25) is 0 Å². The van der Waals surface area contributed by atoms with Crippen LogP contribution in [0.3, 0.4) is 0 Å². The summed E-state index contributed by atoms with van der Waals surface area (Å²) in [4.78, 5) is 0. The van der Waals surface area contributed by atoms with Gasteiger partial charge in [0.25, 0.3) is 0 Å². The average Bonchev–Trinajstić information content (AvgIpc) is 2.40. The largest absolute Gasteiger partial charge is 0.392 e. The van der Waals surface area contributed by atoms with Crippen molar-refractivity contribution in [1.82, 2.24) is 0 Å². The first-order valence-electron chi connectivity index (χ1n) is 7.05. The molecular formula is C16H24O. The van der Waals surface area contributed by atoms with Crippen LogP contribution in [0.25, 0.3) is 0 Å². The molecule has 0 aliphatic heterocycles. The van der Waals surface area contributed by atoms with Crippen LogP contribution in [-0.2, 0) is 12.8 Å². The van der Waals surface area contributed by atoms with Crippen LogP contribution in [0.15, 0.2) is 24.3 Å². The van der Waals surface area contributed by atoms with Gasteiger partial charge in [0.15, 0.2) is 0 Å². The van der Waals surface area contributed by atoms with Crippen molar-refractivity contribution in [3.63, 3.8) is 0 Å². The summed E-state index contributed by atoms with van der Waals surface area (Å²) in [6.45, 7) is 2.17. The van der Waals surface area contributed by atoms with E-state index in [1.54, 1.807) is 0 Å². The van der Waals surface area contributed by atoms with E-state index in [4.69, 9.17) is 0 Å². The molecule has 0 radical (unpaired) electrons. The molecule has 0 aromatic heterocycles. The van der Waals surface area contributed by atoms with Crippen molar-refractivity contribution in [3.8, 4) is 0 Å². The number of benzene rings is 1. The summed E-state index contributed by atoms with van der Waals surface area (Å²) in [6, 6.07) is 8.71. The molecule has 0 heterocycles. The highest BCUT2D eigenvalue weighted by Gasteiger charge is 2.21. The van der Waals surface area contributed by atoms with Gasteiger partial charge in [0.05, 0.1) is 6.10 Å². The second-order valence-electron chi connectivity index (χ2n) is 5.34. The van der Waals surface area contributed by atoms with Crippen molar-refractivity contribution in [2.45, 2.75) is 58.0 Å². The molecule has 1 heteroatoms. The third-order valence-electron chi connectivity index (χ3n) is 4.07. The summed E-state index contributed by atoms with van der Waals surface area (Å²) in [7, 11) is 0. The Morgan fingerprint density at radius 1 is 1.06 bits per heavy atom. The van der Waals surface area contributed by atoms with Gasteiger partial charge in [-0.3, -0.25) is 0 Å². The van der Waals surface area contributed by atoms with Gasteiger partial charge in [0.1, 0.15) is 0 Å². The molecule has 17 heavy (non-hydrogen) atoms. The van der Waals surface area contributed by atoms with Gasteiger partial charge in [-0.05, 0) is 42.7 Å². The van der Waals surface area contributed by atoms with Gasteiger partial charge in [-0.25, -0.2) is 0 Å². The smallest absolute Gasteiger partial charge is 0.0608 e. The summed E-state index contributed by atoms with van der Waals surface area (Å²) in [6.07, 6.45) is 8.17. The Labute approximate surface area is 105 Å². The quantitative estimate of drug-likeness (QED) is 0.838. The summed E-state index contributed by atoms with van der Waals surface area (Å²) in [5.41, 5.74) is 2.65. The maximum Gasteiger partial charge on any atom is 0.0608 e. The summed E-state index contributed by atoms with van der Waals surface area (Å²) in [5, 5.41) is 10.3. The zero-order valence-electron chi connectivity index (χ0n) is 10.9. The summed E-state index contributed by atoms with van der Waals surface area (Å²) < 4.78 is 0. The van der Waals surface area contributed by atoms with E-state index >= 15 is 0 Å². The lowest BCUT2D eigenvalue weighted by Gasteiger charge is -2.26. The Hall–Kier alpha value is -0.820. The molecule has 1 fully saturated rings. The second-order valence-corrected chi connectivity index (χ2v) is 5.34. The minimum Gasteiger partial charge on any atom is -0.392 e. The third kappa shape index (κ3) is 3.57. The van der Waals surface area contributed by atoms with Gasteiger partial charge in [-0.15, -0.1) is 0 Å². The molecule has 1 N–H and O–H groups in total. The van der Waals surface area contributed by atoms with Crippen LogP contribution < -0.4 is 0 Å². The highest BCUT2D eigenvalue weighted by molar-refractivity contribution is 5.23. The predicted octanol–water partition coefficient (Wildman–Crippen LogP) is 3.73. The van der Waals surface area contributed by atoms with E-state index in [2.05, 4.69) is 31.2 Å². The van der Waals surface area contributed by atoms with Gasteiger partial charge in [0, 0.05) is 0 Å². The average molecular weight is 232 g/mol. The molecule has 1 atom stereocenters. The van der Waals surface area contributed by atoms with Crippen molar-refractivity contribution in [1.29, 1.82) is 0 Å². The van der Waals surface area contributed by atoms with Crippen LogP contribution in [0.1, 0.15) is 50.2 Å². The Morgan fingerprint density at radius 2 is 1.65 bits per heavy atom. The van der Waals surface area contributed by atoms with Gasteiger partial charge in [-0.1, -0.05) is 50.5 Å². The minimum atomic E-state index is -0.136. The molecule has 0 spiro atoms. The lowest BCUT2D eigenvalue weighted by atomic mass is 9.83. The lowest BCUT2D eigenvalue weighted by Crippen LogP contribution is -2.24. The van der Waals surface area contributed by atoms with Gasteiger partial charge in [-0.2, -0.15) is 0 Å². The van der Waals surface area contributed by atoms with Crippen molar-refractivity contribution in [3.05, 3.63) is 35.4 Å². The molecule has 1 aliphatic carbocycles. The summed E-state index contributed by atoms with van der Waals surface area (Å²) >= 11 is 0. The molecule has 0 amide bonds. The zero-order valence-corrected chi connectivity index (χ0v) is 10.9. The van der Waals surface area contributed by atoms with E-state index in [0.717, 1.165) is 12.8 Å². The number of hydrogen-bond donors (Lipinski definition) is 1. The van der Waals surface area contributed by atoms with Crippen molar-refractivity contribution in [2.75, 3.05) is 0 Å². The normalized spacial score (nSPS) is 19.2. The zero-order chi connectivity index (χ0) is 12.1. The monoisotopic (exact) mass is 232 g/mol. The minimum absolute atomic E-state index is 0.136. The van der Waals surface area contributed by atoms with Crippen molar-refractivity contribution < 1.29 is 5.11 Å². The van der Waals surface area contributed by atoms with Gasteiger partial charge < -0.3 is 5.11 Å². The third-order valence-corrected chi connectivity index (χ3v) is 4.07. The van der Waals surface area contributed by atoms with E-state index < -0.39 is 0 Å². The number of hydrogen-bond acceptors (Lipinski definition) is 1. The number of aryl methyl sites for hydroxylation is 1. The second kappa shape index (κ2) is 6.20. The van der Waals surface area contributed by atoms with Crippen LogP contribution >= 0.6 is 0 Å². The van der Waals surface area contributed by atoms with Crippen LogP contribution in [-0.4, -0.2) is 11.2 Å². The molecule has 1 nitrogen and oxygen atoms in total. The van der Waals surface area contributed by atoms with E-state index in [1.807, 2.05) is 0 Å². The Morgan fingerprint density at radius 3 is 2.24 bits per heavy atom. The van der Waals surface area contributed by atoms with Crippen LogP contribution in [0, 0.1) is 5.92 Å². The predicted molar refractivity (Wildman–Crippen MR) is 72.1 cm³/mol. The molecule has 1 aliphatic rings. The fourth-order valence-electron chi connectivity index (χ4n) is 2.84. The first-order chi connectivity index (χ1) is 8.29. The first-order valence-corrected chi connectivity index (χ1v) is 7.05. The van der Waals surface area contributed by atoms with Crippen LogP contribution in [0.4, 0.5) is 0 Å². The van der Waals surface area contributed by atoms with E-state index in [1.165, 1.54) is 43.2 Å². The number of rotatable bonds is 4. The summed E-state index contributed by atoms with van der Waals surface area (Å²) in [5.74, 6) is 0.537. The Bertz CT molecular complexity index is 322. The topological polar surface area (TPSA) is 20.2 Å². The molecule has 1 aromatic carbocycles. The SMILES string of the molecule is CCc1ccc(CC(O)C2CCCCC2)cc1. The first kappa shape index (κ1) is 12.6. The fourth-order valence-corrected chi connectivity index (χ4v) is 2.84. The highest BCUT2D eigenvalue weighted by atomic mass is 16.3. The lowest BCUT2D eigenvalue weighted by molar-refractivity contribution is 0.0851. The molecule has 1 aromatic rings. The van der Waals surface area contributed by atoms with E-state index in [-0.39, 0.29) is 6.10 Å². The standard InChI is InChI=1S/C16H24O/c1-2-13-8-10-14(11-9-13)12-16(17)15-6-4-3-5-7-15/h8-11,15-17H,2-7,12H2,1H3. The van der Waals surface area contributed by atoms with Gasteiger partial charge in [0.2, 0.25) is 0 Å². The Balaban J connectivity index is 1.89. The molecule has 0 saturated heterocycles. The number of aliphatic hydroxyl groups is 1. The highest BCUT2D eigenvalue weighted by Crippen LogP contribution is 2.27. The molecule has 1 saturated carbocycles. The van der Waals surface area contributed by atoms with Crippen molar-refractivity contribution in [2.24, 2.45) is 5.92 Å². The maximum atomic E-state index is 10.3. The van der Waals surface area contributed by atoms with Crippen LogP contribution in [0.5, 0.6) is 0 Å². The molecule has 94 valence electrons.